The minimum absolute atomic E-state index is 0.00263. The van der Waals surface area contributed by atoms with Crippen LogP contribution in [-0.2, 0) is 22.6 Å². The average Bonchev–Trinajstić information content (AvgIpc) is 3.03. The molecule has 8 heteroatoms. The molecule has 0 fully saturated rings. The minimum Gasteiger partial charge on any atom is -0.324 e. The van der Waals surface area contributed by atoms with E-state index in [1.807, 2.05) is 12.1 Å². The fourth-order valence-corrected chi connectivity index (χ4v) is 3.15. The van der Waals surface area contributed by atoms with Gasteiger partial charge in [-0.05, 0) is 49.6 Å². The molecule has 8 nitrogen and oxygen atoms in total. The van der Waals surface area contributed by atoms with E-state index >= 15 is 0 Å². The van der Waals surface area contributed by atoms with Gasteiger partial charge in [0.2, 0.25) is 11.8 Å². The number of nitriles is 1. The molecule has 3 rings (SSSR count). The molecule has 0 spiro atoms. The van der Waals surface area contributed by atoms with Crippen molar-refractivity contribution in [3.63, 3.8) is 0 Å². The number of carbonyl (C=O) groups excluding carboxylic acids is 2. The van der Waals surface area contributed by atoms with Crippen LogP contribution in [0.25, 0.3) is 0 Å². The number of nitrogens with one attached hydrogen (secondary N) is 1. The topological polar surface area (TPSA) is 108 Å². The van der Waals surface area contributed by atoms with Crippen LogP contribution in [0.15, 0.2) is 23.0 Å². The molecule has 0 atom stereocenters. The van der Waals surface area contributed by atoms with Crippen molar-refractivity contribution in [2.24, 2.45) is 0 Å². The van der Waals surface area contributed by atoms with Gasteiger partial charge in [-0.15, -0.1) is 0 Å². The lowest BCUT2D eigenvalue weighted by Crippen LogP contribution is -2.32. The SMILES string of the molecule is CC(=O)N1CCc2cc(NC(=O)Cn3nc(C)c(C)c(C#N)c3=O)ccc21. The first-order chi connectivity index (χ1) is 12.8. The number of rotatable bonds is 3. The van der Waals surface area contributed by atoms with E-state index in [0.717, 1.165) is 22.4 Å². The van der Waals surface area contributed by atoms with Gasteiger partial charge in [-0.25, -0.2) is 4.68 Å². The summed E-state index contributed by atoms with van der Waals surface area (Å²) in [5.41, 5.74) is 2.89. The normalized spacial score (nSPS) is 12.4. The molecule has 1 aromatic carbocycles. The van der Waals surface area contributed by atoms with E-state index in [2.05, 4.69) is 10.4 Å². The summed E-state index contributed by atoms with van der Waals surface area (Å²) in [6.45, 7) is 5.20. The maximum atomic E-state index is 12.3. The molecule has 1 aromatic heterocycles. The molecule has 1 aliphatic heterocycles. The molecule has 0 unspecified atom stereocenters. The van der Waals surface area contributed by atoms with E-state index in [0.29, 0.717) is 23.5 Å². The van der Waals surface area contributed by atoms with Crippen LogP contribution in [0.2, 0.25) is 0 Å². The molecule has 2 amide bonds. The predicted octanol–water partition coefficient (Wildman–Crippen LogP) is 1.28. The third-order valence-electron chi connectivity index (χ3n) is 4.68. The van der Waals surface area contributed by atoms with Crippen LogP contribution in [0.1, 0.15) is 29.3 Å². The number of hydrogen-bond donors (Lipinski definition) is 1. The molecule has 2 heterocycles. The standard InChI is InChI=1S/C19H19N5O3/c1-11-12(2)22-24(19(27)16(11)9-20)10-18(26)21-15-4-5-17-14(8-15)6-7-23(17)13(3)25/h4-5,8H,6-7,10H2,1-3H3,(H,21,26). The third kappa shape index (κ3) is 3.44. The van der Waals surface area contributed by atoms with Crippen molar-refractivity contribution >= 4 is 23.2 Å². The number of benzene rings is 1. The van der Waals surface area contributed by atoms with Crippen molar-refractivity contribution in [2.45, 2.75) is 33.7 Å². The lowest BCUT2D eigenvalue weighted by molar-refractivity contribution is -0.117. The molecule has 0 aliphatic carbocycles. The van der Waals surface area contributed by atoms with Crippen LogP contribution in [0.3, 0.4) is 0 Å². The number of anilines is 2. The summed E-state index contributed by atoms with van der Waals surface area (Å²) in [6.07, 6.45) is 0.725. The first kappa shape index (κ1) is 18.3. The summed E-state index contributed by atoms with van der Waals surface area (Å²) in [5, 5.41) is 16.0. The van der Waals surface area contributed by atoms with Crippen molar-refractivity contribution in [1.82, 2.24) is 9.78 Å². The van der Waals surface area contributed by atoms with Crippen LogP contribution in [-0.4, -0.2) is 28.1 Å². The molecule has 27 heavy (non-hydrogen) atoms. The molecule has 0 radical (unpaired) electrons. The van der Waals surface area contributed by atoms with Crippen molar-refractivity contribution in [3.05, 3.63) is 50.9 Å². The molecule has 0 saturated heterocycles. The van der Waals surface area contributed by atoms with Gasteiger partial charge in [0.15, 0.2) is 0 Å². The molecule has 138 valence electrons. The van der Waals surface area contributed by atoms with E-state index in [-0.39, 0.29) is 18.0 Å². The Balaban J connectivity index is 1.78. The van der Waals surface area contributed by atoms with Gasteiger partial charge in [0, 0.05) is 24.8 Å². The largest absolute Gasteiger partial charge is 0.324 e. The van der Waals surface area contributed by atoms with E-state index in [1.54, 1.807) is 30.9 Å². The Hall–Kier alpha value is -3.47. The van der Waals surface area contributed by atoms with E-state index in [1.165, 1.54) is 6.92 Å². The maximum Gasteiger partial charge on any atom is 0.285 e. The summed E-state index contributed by atoms with van der Waals surface area (Å²) >= 11 is 0. The highest BCUT2D eigenvalue weighted by Gasteiger charge is 2.22. The van der Waals surface area contributed by atoms with E-state index < -0.39 is 11.5 Å². The van der Waals surface area contributed by atoms with Gasteiger partial charge in [-0.1, -0.05) is 0 Å². The fourth-order valence-electron chi connectivity index (χ4n) is 3.15. The van der Waals surface area contributed by atoms with Crippen molar-refractivity contribution in [1.29, 1.82) is 5.26 Å². The monoisotopic (exact) mass is 365 g/mol. The van der Waals surface area contributed by atoms with Crippen LogP contribution in [0, 0.1) is 25.2 Å². The molecular formula is C19H19N5O3. The second kappa shape index (κ2) is 7.03. The molecule has 2 aromatic rings. The number of hydrogen-bond acceptors (Lipinski definition) is 5. The average molecular weight is 365 g/mol. The number of aryl methyl sites for hydroxylation is 1. The van der Waals surface area contributed by atoms with Gasteiger partial charge < -0.3 is 10.2 Å². The number of carbonyl (C=O) groups is 2. The minimum atomic E-state index is -0.582. The Morgan fingerprint density at radius 3 is 2.74 bits per heavy atom. The van der Waals surface area contributed by atoms with E-state index in [9.17, 15) is 14.4 Å². The zero-order valence-electron chi connectivity index (χ0n) is 15.4. The van der Waals surface area contributed by atoms with Crippen LogP contribution in [0.5, 0.6) is 0 Å². The highest BCUT2D eigenvalue weighted by atomic mass is 16.2. The highest BCUT2D eigenvalue weighted by Crippen LogP contribution is 2.30. The smallest absolute Gasteiger partial charge is 0.285 e. The Bertz CT molecular complexity index is 1050. The Morgan fingerprint density at radius 2 is 2.07 bits per heavy atom. The van der Waals surface area contributed by atoms with Gasteiger partial charge in [0.1, 0.15) is 18.2 Å². The van der Waals surface area contributed by atoms with Gasteiger partial charge >= 0.3 is 0 Å². The van der Waals surface area contributed by atoms with Gasteiger partial charge in [-0.3, -0.25) is 14.4 Å². The second-order valence-electron chi connectivity index (χ2n) is 6.47. The van der Waals surface area contributed by atoms with Crippen molar-refractivity contribution < 1.29 is 9.59 Å². The zero-order valence-corrected chi connectivity index (χ0v) is 15.4. The Morgan fingerprint density at radius 1 is 1.33 bits per heavy atom. The summed E-state index contributed by atoms with van der Waals surface area (Å²) in [4.78, 5) is 37.9. The first-order valence-electron chi connectivity index (χ1n) is 8.51. The third-order valence-corrected chi connectivity index (χ3v) is 4.68. The molecule has 0 bridgehead atoms. The summed E-state index contributed by atoms with van der Waals surface area (Å²) in [5.74, 6) is -0.433. The number of aromatic nitrogens is 2. The first-order valence-corrected chi connectivity index (χ1v) is 8.51. The van der Waals surface area contributed by atoms with Crippen molar-refractivity contribution in [2.75, 3.05) is 16.8 Å². The quantitative estimate of drug-likeness (QED) is 0.881. The van der Waals surface area contributed by atoms with Crippen LogP contribution >= 0.6 is 0 Å². The summed E-state index contributed by atoms with van der Waals surface area (Å²) in [6, 6.07) is 7.22. The number of amides is 2. The molecule has 1 N–H and O–H groups in total. The fraction of sp³-hybridized carbons (Fsp3) is 0.316. The molecule has 0 saturated carbocycles. The highest BCUT2D eigenvalue weighted by molar-refractivity contribution is 5.95. The zero-order chi connectivity index (χ0) is 19.7. The van der Waals surface area contributed by atoms with Crippen LogP contribution in [0.4, 0.5) is 11.4 Å². The lowest BCUT2D eigenvalue weighted by atomic mass is 10.1. The number of fused-ring (bicyclic) bond motifs is 1. The second-order valence-corrected chi connectivity index (χ2v) is 6.47. The molecule has 1 aliphatic rings. The van der Waals surface area contributed by atoms with Crippen molar-refractivity contribution in [3.8, 4) is 6.07 Å². The van der Waals surface area contributed by atoms with Gasteiger partial charge in [0.25, 0.3) is 5.56 Å². The van der Waals surface area contributed by atoms with Gasteiger partial charge in [0.05, 0.1) is 5.69 Å². The molecular weight excluding hydrogens is 346 g/mol. The van der Waals surface area contributed by atoms with Gasteiger partial charge in [-0.2, -0.15) is 10.4 Å². The predicted molar refractivity (Wildman–Crippen MR) is 99.5 cm³/mol. The number of nitrogens with zero attached hydrogens (tertiary/aromatic N) is 4. The van der Waals surface area contributed by atoms with E-state index in [4.69, 9.17) is 5.26 Å². The maximum absolute atomic E-state index is 12.3. The summed E-state index contributed by atoms with van der Waals surface area (Å²) < 4.78 is 1.00. The Labute approximate surface area is 156 Å². The lowest BCUT2D eigenvalue weighted by Gasteiger charge is -2.15. The Kier molecular flexibility index (Phi) is 4.77. The summed E-state index contributed by atoms with van der Waals surface area (Å²) in [7, 11) is 0. The van der Waals surface area contributed by atoms with Crippen LogP contribution < -0.4 is 15.8 Å².